The quantitative estimate of drug-likeness (QED) is 0.901. The zero-order valence-electron chi connectivity index (χ0n) is 14.7. The standard InChI is InChI=1S/C18H23N3O3S/c1-13-10-16(14(2)21(13)11-15-4-7-19-8-5-15)17(22)20-18(3)6-9-25(23,24)12-18/h4-5,7-8,10H,6,9,11-12H2,1-3H3,(H,20,22). The molecule has 2 aromatic rings. The second-order valence-corrected chi connectivity index (χ2v) is 9.27. The smallest absolute Gasteiger partial charge is 0.253 e. The summed E-state index contributed by atoms with van der Waals surface area (Å²) in [6.07, 6.45) is 3.95. The van der Waals surface area contributed by atoms with Gasteiger partial charge in [-0.3, -0.25) is 9.78 Å². The number of hydrogen-bond acceptors (Lipinski definition) is 4. The third-order valence-corrected chi connectivity index (χ3v) is 6.73. The lowest BCUT2D eigenvalue weighted by atomic mass is 10.0. The van der Waals surface area contributed by atoms with E-state index in [4.69, 9.17) is 0 Å². The summed E-state index contributed by atoms with van der Waals surface area (Å²) in [7, 11) is -3.06. The minimum atomic E-state index is -3.06. The molecule has 1 unspecified atom stereocenters. The van der Waals surface area contributed by atoms with Crippen LogP contribution < -0.4 is 5.32 Å². The molecule has 0 aliphatic carbocycles. The minimum Gasteiger partial charge on any atom is -0.346 e. The molecule has 2 aromatic heterocycles. The molecule has 1 saturated heterocycles. The van der Waals surface area contributed by atoms with E-state index in [1.54, 1.807) is 19.3 Å². The summed E-state index contributed by atoms with van der Waals surface area (Å²) in [5.74, 6) is -0.0829. The fourth-order valence-electron chi connectivity index (χ4n) is 3.40. The molecule has 0 bridgehead atoms. The van der Waals surface area contributed by atoms with Crippen molar-refractivity contribution >= 4 is 15.7 Å². The van der Waals surface area contributed by atoms with E-state index in [2.05, 4.69) is 14.9 Å². The molecule has 6 nitrogen and oxygen atoms in total. The van der Waals surface area contributed by atoms with Crippen LogP contribution in [0.5, 0.6) is 0 Å². The zero-order valence-corrected chi connectivity index (χ0v) is 15.6. The number of amides is 1. The lowest BCUT2D eigenvalue weighted by molar-refractivity contribution is 0.0914. The molecular weight excluding hydrogens is 338 g/mol. The number of hydrogen-bond donors (Lipinski definition) is 1. The van der Waals surface area contributed by atoms with Crippen molar-refractivity contribution in [2.45, 2.75) is 39.3 Å². The minimum absolute atomic E-state index is 0.00148. The van der Waals surface area contributed by atoms with Gasteiger partial charge in [-0.25, -0.2) is 8.42 Å². The molecule has 0 spiro atoms. The van der Waals surface area contributed by atoms with Gasteiger partial charge < -0.3 is 9.88 Å². The topological polar surface area (TPSA) is 81.1 Å². The van der Waals surface area contributed by atoms with Gasteiger partial charge in [-0.2, -0.15) is 0 Å². The Kier molecular flexibility index (Phi) is 4.45. The highest BCUT2D eigenvalue weighted by Crippen LogP contribution is 2.24. The van der Waals surface area contributed by atoms with E-state index in [0.29, 0.717) is 18.5 Å². The van der Waals surface area contributed by atoms with E-state index >= 15 is 0 Å². The van der Waals surface area contributed by atoms with Crippen LogP contribution in [0.4, 0.5) is 0 Å². The largest absolute Gasteiger partial charge is 0.346 e. The summed E-state index contributed by atoms with van der Waals surface area (Å²) in [6, 6.07) is 5.75. The number of sulfone groups is 1. The van der Waals surface area contributed by atoms with Gasteiger partial charge >= 0.3 is 0 Å². The number of aryl methyl sites for hydroxylation is 1. The summed E-state index contributed by atoms with van der Waals surface area (Å²) in [4.78, 5) is 16.7. The molecule has 7 heteroatoms. The predicted octanol–water partition coefficient (Wildman–Crippen LogP) is 1.86. The molecule has 1 amide bonds. The predicted molar refractivity (Wildman–Crippen MR) is 96.4 cm³/mol. The SMILES string of the molecule is Cc1cc(C(=O)NC2(C)CCS(=O)(=O)C2)c(C)n1Cc1ccncc1. The first-order chi connectivity index (χ1) is 11.7. The van der Waals surface area contributed by atoms with Gasteiger partial charge in [0.1, 0.15) is 0 Å². The normalized spacial score (nSPS) is 22.0. The maximum atomic E-state index is 12.7. The number of aromatic nitrogens is 2. The third-order valence-electron chi connectivity index (χ3n) is 4.83. The van der Waals surface area contributed by atoms with Gasteiger partial charge in [-0.15, -0.1) is 0 Å². The number of carbonyl (C=O) groups is 1. The van der Waals surface area contributed by atoms with Gasteiger partial charge in [-0.1, -0.05) is 0 Å². The maximum absolute atomic E-state index is 12.7. The van der Waals surface area contributed by atoms with Crippen LogP contribution in [-0.2, 0) is 16.4 Å². The van der Waals surface area contributed by atoms with Crippen LogP contribution in [-0.4, -0.2) is 40.9 Å². The van der Waals surface area contributed by atoms with Crippen molar-refractivity contribution in [3.05, 3.63) is 53.1 Å². The number of rotatable bonds is 4. The number of nitrogens with zero attached hydrogens (tertiary/aromatic N) is 2. The van der Waals surface area contributed by atoms with Crippen molar-refractivity contribution in [1.29, 1.82) is 0 Å². The Labute approximate surface area is 148 Å². The van der Waals surface area contributed by atoms with Gasteiger partial charge in [0.25, 0.3) is 5.91 Å². The molecule has 3 heterocycles. The lowest BCUT2D eigenvalue weighted by Crippen LogP contribution is -2.47. The monoisotopic (exact) mass is 361 g/mol. The van der Waals surface area contributed by atoms with Crippen molar-refractivity contribution in [2.24, 2.45) is 0 Å². The summed E-state index contributed by atoms with van der Waals surface area (Å²) in [5.41, 5.74) is 2.87. The van der Waals surface area contributed by atoms with Crippen molar-refractivity contribution < 1.29 is 13.2 Å². The van der Waals surface area contributed by atoms with Crippen molar-refractivity contribution in [2.75, 3.05) is 11.5 Å². The second-order valence-electron chi connectivity index (χ2n) is 7.08. The summed E-state index contributed by atoms with van der Waals surface area (Å²) >= 11 is 0. The molecule has 1 aliphatic rings. The molecule has 1 atom stereocenters. The zero-order chi connectivity index (χ0) is 18.2. The molecular formula is C18H23N3O3S. The number of pyridine rings is 1. The van der Waals surface area contributed by atoms with Crippen molar-refractivity contribution in [1.82, 2.24) is 14.9 Å². The van der Waals surface area contributed by atoms with Gasteiger partial charge in [0.05, 0.1) is 22.6 Å². The van der Waals surface area contributed by atoms with Crippen LogP contribution >= 0.6 is 0 Å². The Morgan fingerprint density at radius 2 is 2.00 bits per heavy atom. The summed E-state index contributed by atoms with van der Waals surface area (Å²) in [5, 5.41) is 2.93. The molecule has 25 heavy (non-hydrogen) atoms. The highest BCUT2D eigenvalue weighted by molar-refractivity contribution is 7.91. The molecule has 1 aliphatic heterocycles. The van der Waals surface area contributed by atoms with Crippen LogP contribution in [0, 0.1) is 13.8 Å². The Bertz CT molecular complexity index is 903. The van der Waals surface area contributed by atoms with Gasteiger partial charge in [-0.05, 0) is 51.0 Å². The molecule has 0 radical (unpaired) electrons. The highest BCUT2D eigenvalue weighted by Gasteiger charge is 2.39. The van der Waals surface area contributed by atoms with E-state index in [0.717, 1.165) is 17.0 Å². The average molecular weight is 361 g/mol. The van der Waals surface area contributed by atoms with Crippen LogP contribution in [0.25, 0.3) is 0 Å². The Hall–Kier alpha value is -2.15. The fourth-order valence-corrected chi connectivity index (χ4v) is 5.49. The molecule has 3 rings (SSSR count). The summed E-state index contributed by atoms with van der Waals surface area (Å²) < 4.78 is 25.5. The van der Waals surface area contributed by atoms with Crippen LogP contribution in [0.3, 0.4) is 0 Å². The fraction of sp³-hybridized carbons (Fsp3) is 0.444. The van der Waals surface area contributed by atoms with E-state index in [1.165, 1.54) is 0 Å². The van der Waals surface area contributed by atoms with Gasteiger partial charge in [0.15, 0.2) is 9.84 Å². The highest BCUT2D eigenvalue weighted by atomic mass is 32.2. The van der Waals surface area contributed by atoms with Crippen LogP contribution in [0.1, 0.15) is 40.7 Å². The second kappa shape index (κ2) is 6.29. The van der Waals surface area contributed by atoms with Crippen LogP contribution in [0.2, 0.25) is 0 Å². The number of carbonyl (C=O) groups excluding carboxylic acids is 1. The van der Waals surface area contributed by atoms with E-state index in [-0.39, 0.29) is 17.4 Å². The molecule has 1 N–H and O–H groups in total. The van der Waals surface area contributed by atoms with Crippen molar-refractivity contribution in [3.8, 4) is 0 Å². The lowest BCUT2D eigenvalue weighted by Gasteiger charge is -2.23. The van der Waals surface area contributed by atoms with Gasteiger partial charge in [0.2, 0.25) is 0 Å². The first kappa shape index (κ1) is 17.7. The molecule has 0 aromatic carbocycles. The van der Waals surface area contributed by atoms with Gasteiger partial charge in [0, 0.05) is 30.3 Å². The molecule has 134 valence electrons. The first-order valence-electron chi connectivity index (χ1n) is 8.28. The summed E-state index contributed by atoms with van der Waals surface area (Å²) in [6.45, 7) is 6.34. The molecule has 0 saturated carbocycles. The van der Waals surface area contributed by atoms with E-state index in [1.807, 2.05) is 32.0 Å². The number of nitrogens with one attached hydrogen (secondary N) is 1. The first-order valence-corrected chi connectivity index (χ1v) is 10.1. The van der Waals surface area contributed by atoms with Crippen molar-refractivity contribution in [3.63, 3.8) is 0 Å². The Morgan fingerprint density at radius 1 is 1.32 bits per heavy atom. The van der Waals surface area contributed by atoms with E-state index < -0.39 is 15.4 Å². The Balaban J connectivity index is 1.81. The average Bonchev–Trinajstić information content (AvgIpc) is 2.98. The molecule has 1 fully saturated rings. The Morgan fingerprint density at radius 3 is 2.60 bits per heavy atom. The van der Waals surface area contributed by atoms with Crippen LogP contribution in [0.15, 0.2) is 30.6 Å². The van der Waals surface area contributed by atoms with E-state index in [9.17, 15) is 13.2 Å². The third kappa shape index (κ3) is 3.76. The maximum Gasteiger partial charge on any atom is 0.253 e.